The SMILES string of the molecule is O=C(O)c1ccc(OCCOc2c(Cl)cc(C(=O)O)c(Cl)c2Cl)c(Cl)c1. The zero-order chi connectivity index (χ0) is 19.4. The summed E-state index contributed by atoms with van der Waals surface area (Å²) in [5, 5.41) is 17.7. The van der Waals surface area contributed by atoms with Gasteiger partial charge < -0.3 is 19.7 Å². The quantitative estimate of drug-likeness (QED) is 0.457. The normalized spacial score (nSPS) is 10.5. The van der Waals surface area contributed by atoms with Crippen LogP contribution in [-0.2, 0) is 0 Å². The van der Waals surface area contributed by atoms with Gasteiger partial charge in [0.15, 0.2) is 5.75 Å². The molecule has 0 amide bonds. The fourth-order valence-corrected chi connectivity index (χ4v) is 2.93. The van der Waals surface area contributed by atoms with Crippen molar-refractivity contribution in [1.29, 1.82) is 0 Å². The summed E-state index contributed by atoms with van der Waals surface area (Å²) < 4.78 is 10.8. The number of halogens is 4. The van der Waals surface area contributed by atoms with Crippen molar-refractivity contribution in [1.82, 2.24) is 0 Å². The van der Waals surface area contributed by atoms with E-state index < -0.39 is 11.9 Å². The molecule has 0 bridgehead atoms. The standard InChI is InChI=1S/C16H10Cl4O6/c17-9-5-7(15(21)22)1-2-11(9)25-3-4-26-14-10(18)6-8(16(23)24)12(19)13(14)20/h1-2,5-6H,3-4H2,(H,21,22)(H,23,24). The third-order valence-corrected chi connectivity index (χ3v) is 4.54. The molecule has 0 aromatic heterocycles. The lowest BCUT2D eigenvalue weighted by Crippen LogP contribution is -2.10. The van der Waals surface area contributed by atoms with Crippen molar-refractivity contribution < 1.29 is 29.3 Å². The molecule has 2 N–H and O–H groups in total. The molecule has 0 aliphatic rings. The van der Waals surface area contributed by atoms with Gasteiger partial charge in [-0.3, -0.25) is 0 Å². The Bertz CT molecular complexity index is 868. The van der Waals surface area contributed by atoms with Crippen LogP contribution >= 0.6 is 46.4 Å². The van der Waals surface area contributed by atoms with Crippen LogP contribution in [0.1, 0.15) is 20.7 Å². The zero-order valence-corrected chi connectivity index (χ0v) is 15.8. The Morgan fingerprint density at radius 2 is 1.50 bits per heavy atom. The largest absolute Gasteiger partial charge is 0.488 e. The van der Waals surface area contributed by atoms with E-state index in [1.54, 1.807) is 0 Å². The van der Waals surface area contributed by atoms with E-state index in [4.69, 9.17) is 66.1 Å². The van der Waals surface area contributed by atoms with Crippen LogP contribution in [0, 0.1) is 0 Å². The average molecular weight is 440 g/mol. The first-order valence-electron chi connectivity index (χ1n) is 6.91. The van der Waals surface area contributed by atoms with Gasteiger partial charge in [-0.15, -0.1) is 0 Å². The molecule has 138 valence electrons. The number of rotatable bonds is 7. The van der Waals surface area contributed by atoms with Crippen molar-refractivity contribution in [3.63, 3.8) is 0 Å². The van der Waals surface area contributed by atoms with Gasteiger partial charge in [0.1, 0.15) is 24.0 Å². The number of carboxylic acids is 2. The van der Waals surface area contributed by atoms with E-state index in [9.17, 15) is 9.59 Å². The molecule has 0 atom stereocenters. The van der Waals surface area contributed by atoms with E-state index in [2.05, 4.69) is 0 Å². The van der Waals surface area contributed by atoms with Crippen molar-refractivity contribution in [2.75, 3.05) is 13.2 Å². The maximum Gasteiger partial charge on any atom is 0.337 e. The first-order valence-corrected chi connectivity index (χ1v) is 8.42. The molecule has 6 nitrogen and oxygen atoms in total. The number of hydrogen-bond donors (Lipinski definition) is 2. The summed E-state index contributed by atoms with van der Waals surface area (Å²) in [7, 11) is 0. The Kier molecular flexibility index (Phi) is 6.83. The van der Waals surface area contributed by atoms with Crippen LogP contribution in [0.4, 0.5) is 0 Å². The highest BCUT2D eigenvalue weighted by atomic mass is 35.5. The van der Waals surface area contributed by atoms with E-state index >= 15 is 0 Å². The van der Waals surface area contributed by atoms with Gasteiger partial charge in [0.05, 0.1) is 26.2 Å². The van der Waals surface area contributed by atoms with Crippen molar-refractivity contribution in [3.05, 3.63) is 55.5 Å². The Morgan fingerprint density at radius 3 is 2.08 bits per heavy atom. The van der Waals surface area contributed by atoms with Crippen LogP contribution in [0.5, 0.6) is 11.5 Å². The molecule has 10 heteroatoms. The van der Waals surface area contributed by atoms with Crippen LogP contribution in [-0.4, -0.2) is 35.4 Å². The van der Waals surface area contributed by atoms with Crippen LogP contribution in [0.25, 0.3) is 0 Å². The van der Waals surface area contributed by atoms with Gasteiger partial charge in [-0.25, -0.2) is 9.59 Å². The second kappa shape index (κ2) is 8.68. The highest BCUT2D eigenvalue weighted by Gasteiger charge is 2.20. The molecule has 2 aromatic carbocycles. The van der Waals surface area contributed by atoms with E-state index in [0.29, 0.717) is 0 Å². The molecule has 2 aromatic rings. The van der Waals surface area contributed by atoms with Crippen LogP contribution in [0.15, 0.2) is 24.3 Å². The maximum atomic E-state index is 11.0. The molecule has 0 spiro atoms. The van der Waals surface area contributed by atoms with E-state index in [0.717, 1.165) is 6.07 Å². The first kappa shape index (κ1) is 20.5. The topological polar surface area (TPSA) is 93.1 Å². The third-order valence-electron chi connectivity index (χ3n) is 3.11. The van der Waals surface area contributed by atoms with Crippen LogP contribution in [0.3, 0.4) is 0 Å². The van der Waals surface area contributed by atoms with Gasteiger partial charge in [0.2, 0.25) is 0 Å². The van der Waals surface area contributed by atoms with Crippen molar-refractivity contribution in [2.45, 2.75) is 0 Å². The van der Waals surface area contributed by atoms with E-state index in [-0.39, 0.29) is 55.9 Å². The minimum Gasteiger partial charge on any atom is -0.488 e. The number of benzene rings is 2. The maximum absolute atomic E-state index is 11.0. The molecule has 0 radical (unpaired) electrons. The summed E-state index contributed by atoms with van der Waals surface area (Å²) in [6, 6.07) is 5.17. The van der Waals surface area contributed by atoms with E-state index in [1.165, 1.54) is 18.2 Å². The smallest absolute Gasteiger partial charge is 0.337 e. The molecular weight excluding hydrogens is 430 g/mol. The Hall–Kier alpha value is -1.86. The summed E-state index contributed by atoms with van der Waals surface area (Å²) in [5.74, 6) is -2.07. The molecule has 0 unspecified atom stereocenters. The summed E-state index contributed by atoms with van der Waals surface area (Å²) in [5.41, 5.74) is -0.208. The van der Waals surface area contributed by atoms with Crippen molar-refractivity contribution in [2.24, 2.45) is 0 Å². The molecule has 0 aliphatic carbocycles. The molecule has 0 heterocycles. The fourth-order valence-electron chi connectivity index (χ4n) is 1.91. The number of hydrogen-bond acceptors (Lipinski definition) is 4. The predicted molar refractivity (Wildman–Crippen MR) is 97.8 cm³/mol. The summed E-state index contributed by atoms with van der Waals surface area (Å²) in [6.07, 6.45) is 0. The lowest BCUT2D eigenvalue weighted by atomic mass is 10.2. The predicted octanol–water partition coefficient (Wildman–Crippen LogP) is 5.15. The second-order valence-electron chi connectivity index (χ2n) is 4.82. The molecule has 2 rings (SSSR count). The Morgan fingerprint density at radius 1 is 0.846 bits per heavy atom. The van der Waals surface area contributed by atoms with Crippen LogP contribution in [0.2, 0.25) is 20.1 Å². The number of carboxylic acid groups (broad SMARTS) is 2. The lowest BCUT2D eigenvalue weighted by Gasteiger charge is -2.13. The zero-order valence-electron chi connectivity index (χ0n) is 12.8. The van der Waals surface area contributed by atoms with Gasteiger partial charge in [-0.1, -0.05) is 46.4 Å². The van der Waals surface area contributed by atoms with Crippen molar-refractivity contribution in [3.8, 4) is 11.5 Å². The summed E-state index contributed by atoms with van der Waals surface area (Å²) >= 11 is 23.8. The molecule has 0 saturated carbocycles. The fraction of sp³-hybridized carbons (Fsp3) is 0.125. The number of carbonyl (C=O) groups is 2. The molecular formula is C16H10Cl4O6. The highest BCUT2D eigenvalue weighted by molar-refractivity contribution is 6.46. The minimum absolute atomic E-state index is 0.000796. The highest BCUT2D eigenvalue weighted by Crippen LogP contribution is 2.40. The second-order valence-corrected chi connectivity index (χ2v) is 6.39. The molecule has 0 fully saturated rings. The van der Waals surface area contributed by atoms with Crippen LogP contribution < -0.4 is 9.47 Å². The summed E-state index contributed by atoms with van der Waals surface area (Å²) in [6.45, 7) is 0.0380. The summed E-state index contributed by atoms with van der Waals surface area (Å²) in [4.78, 5) is 21.9. The Balaban J connectivity index is 2.02. The van der Waals surface area contributed by atoms with Gasteiger partial charge in [-0.2, -0.15) is 0 Å². The first-order chi connectivity index (χ1) is 12.2. The molecule has 0 saturated heterocycles. The molecule has 0 aliphatic heterocycles. The third kappa shape index (κ3) is 4.65. The number of ether oxygens (including phenoxy) is 2. The minimum atomic E-state index is -1.27. The van der Waals surface area contributed by atoms with Gasteiger partial charge in [0, 0.05) is 0 Å². The average Bonchev–Trinajstić information content (AvgIpc) is 2.58. The van der Waals surface area contributed by atoms with Crippen molar-refractivity contribution >= 4 is 58.3 Å². The lowest BCUT2D eigenvalue weighted by molar-refractivity contribution is 0.0686. The van der Waals surface area contributed by atoms with E-state index in [1.807, 2.05) is 0 Å². The van der Waals surface area contributed by atoms with Gasteiger partial charge in [0.25, 0.3) is 0 Å². The Labute approximate surface area is 167 Å². The van der Waals surface area contributed by atoms with Gasteiger partial charge in [-0.05, 0) is 24.3 Å². The monoisotopic (exact) mass is 438 g/mol. The molecule has 26 heavy (non-hydrogen) atoms. The van der Waals surface area contributed by atoms with Gasteiger partial charge >= 0.3 is 11.9 Å². The number of aromatic carboxylic acids is 2.